The number of oxazole rings is 1. The summed E-state index contributed by atoms with van der Waals surface area (Å²) in [4.78, 5) is 16.6. The first kappa shape index (κ1) is 18.1. The minimum absolute atomic E-state index is 0.265. The van der Waals surface area contributed by atoms with Crippen molar-refractivity contribution < 1.29 is 18.4 Å². The van der Waals surface area contributed by atoms with Gasteiger partial charge in [-0.25, -0.2) is 4.98 Å². The van der Waals surface area contributed by atoms with Crippen LogP contribution in [0.4, 0.5) is 5.69 Å². The molecular weight excluding hydrogens is 424 g/mol. The molecule has 28 heavy (non-hydrogen) atoms. The van der Waals surface area contributed by atoms with Gasteiger partial charge in [-0.05, 0) is 70.5 Å². The molecule has 2 heterocycles. The zero-order valence-corrected chi connectivity index (χ0v) is 16.4. The molecule has 4 rings (SSSR count). The largest absolute Gasteiger partial charge is 0.496 e. The average molecular weight is 439 g/mol. The smallest absolute Gasteiger partial charge is 0.248 e. The number of amides is 1. The normalized spacial score (nSPS) is 11.2. The third-order valence-corrected chi connectivity index (χ3v) is 4.62. The van der Waals surface area contributed by atoms with Crippen LogP contribution in [-0.2, 0) is 4.79 Å². The number of carbonyl (C=O) groups is 1. The number of anilines is 1. The van der Waals surface area contributed by atoms with E-state index in [4.69, 9.17) is 13.6 Å². The minimum atomic E-state index is -0.265. The van der Waals surface area contributed by atoms with Gasteiger partial charge in [0, 0.05) is 17.3 Å². The number of nitrogens with one attached hydrogen (secondary N) is 1. The maximum absolute atomic E-state index is 12.1. The average Bonchev–Trinajstić information content (AvgIpc) is 3.35. The SMILES string of the molecule is COc1ccc(-c2nc3cc(NC(=O)C=Cc4ccco4)ccc3o2)cc1Br. The summed E-state index contributed by atoms with van der Waals surface area (Å²) in [5.41, 5.74) is 2.72. The topological polar surface area (TPSA) is 77.5 Å². The lowest BCUT2D eigenvalue weighted by molar-refractivity contribution is -0.111. The Hall–Kier alpha value is -3.32. The van der Waals surface area contributed by atoms with Gasteiger partial charge in [0.05, 0.1) is 17.8 Å². The molecule has 0 aliphatic carbocycles. The molecule has 0 radical (unpaired) electrons. The number of fused-ring (bicyclic) bond motifs is 1. The number of rotatable bonds is 5. The number of benzene rings is 2. The summed E-state index contributed by atoms with van der Waals surface area (Å²) in [7, 11) is 1.61. The highest BCUT2D eigenvalue weighted by Gasteiger charge is 2.11. The summed E-state index contributed by atoms with van der Waals surface area (Å²) in [6.07, 6.45) is 4.56. The number of furan rings is 1. The van der Waals surface area contributed by atoms with E-state index < -0.39 is 0 Å². The molecule has 1 amide bonds. The van der Waals surface area contributed by atoms with E-state index in [1.807, 2.05) is 18.2 Å². The first-order valence-electron chi connectivity index (χ1n) is 8.39. The predicted octanol–water partition coefficient (Wildman–Crippen LogP) is 5.51. The van der Waals surface area contributed by atoms with Gasteiger partial charge < -0.3 is 18.9 Å². The molecule has 6 nitrogen and oxygen atoms in total. The fourth-order valence-electron chi connectivity index (χ4n) is 2.66. The van der Waals surface area contributed by atoms with Crippen molar-refractivity contribution in [2.24, 2.45) is 0 Å². The molecule has 0 bridgehead atoms. The zero-order chi connectivity index (χ0) is 19.5. The highest BCUT2D eigenvalue weighted by molar-refractivity contribution is 9.10. The Kier molecular flexibility index (Phi) is 4.99. The van der Waals surface area contributed by atoms with E-state index in [0.717, 1.165) is 15.8 Å². The van der Waals surface area contributed by atoms with Crippen molar-refractivity contribution in [2.75, 3.05) is 12.4 Å². The number of carbonyl (C=O) groups excluding carboxylic acids is 1. The van der Waals surface area contributed by atoms with Crippen molar-refractivity contribution in [3.05, 3.63) is 71.1 Å². The van der Waals surface area contributed by atoms with Crippen LogP contribution in [0.3, 0.4) is 0 Å². The Morgan fingerprint density at radius 2 is 2.11 bits per heavy atom. The molecule has 0 spiro atoms. The van der Waals surface area contributed by atoms with Gasteiger partial charge in [0.1, 0.15) is 17.0 Å². The van der Waals surface area contributed by atoms with Gasteiger partial charge in [0.15, 0.2) is 5.58 Å². The number of hydrogen-bond acceptors (Lipinski definition) is 5. The lowest BCUT2D eigenvalue weighted by atomic mass is 10.2. The molecule has 0 saturated heterocycles. The standard InChI is InChI=1S/C21H15BrN2O4/c1-26-18-7-4-13(11-16(18)22)21-24-17-12-14(5-8-19(17)28-21)23-20(25)9-6-15-3-2-10-27-15/h2-12H,1H3,(H,23,25). The second kappa shape index (κ2) is 7.74. The van der Waals surface area contributed by atoms with Crippen molar-refractivity contribution in [1.29, 1.82) is 0 Å². The molecule has 0 saturated carbocycles. The third-order valence-electron chi connectivity index (χ3n) is 4.00. The van der Waals surface area contributed by atoms with Crippen molar-refractivity contribution >= 4 is 44.7 Å². The van der Waals surface area contributed by atoms with E-state index in [1.54, 1.807) is 49.8 Å². The Bertz CT molecular complexity index is 1160. The molecule has 0 fully saturated rings. The number of methoxy groups -OCH3 is 1. The molecule has 0 unspecified atom stereocenters. The van der Waals surface area contributed by atoms with Gasteiger partial charge in [-0.15, -0.1) is 0 Å². The molecule has 0 aliphatic heterocycles. The third kappa shape index (κ3) is 3.84. The first-order valence-corrected chi connectivity index (χ1v) is 9.19. The van der Waals surface area contributed by atoms with Gasteiger partial charge >= 0.3 is 0 Å². The summed E-state index contributed by atoms with van der Waals surface area (Å²) < 4.78 is 17.0. The van der Waals surface area contributed by atoms with Crippen LogP contribution in [-0.4, -0.2) is 18.0 Å². The van der Waals surface area contributed by atoms with Crippen LogP contribution in [0.5, 0.6) is 5.75 Å². The fourth-order valence-corrected chi connectivity index (χ4v) is 3.20. The monoisotopic (exact) mass is 438 g/mol. The van der Waals surface area contributed by atoms with E-state index in [2.05, 4.69) is 26.2 Å². The van der Waals surface area contributed by atoms with Crippen LogP contribution >= 0.6 is 15.9 Å². The summed E-state index contributed by atoms with van der Waals surface area (Å²) in [5.74, 6) is 1.56. The summed E-state index contributed by atoms with van der Waals surface area (Å²) >= 11 is 3.46. The summed E-state index contributed by atoms with van der Waals surface area (Å²) in [6, 6.07) is 14.4. The number of halogens is 1. The van der Waals surface area contributed by atoms with Gasteiger partial charge in [0.25, 0.3) is 0 Å². The van der Waals surface area contributed by atoms with E-state index in [1.165, 1.54) is 6.08 Å². The number of nitrogens with zero attached hydrogens (tertiary/aromatic N) is 1. The molecule has 2 aromatic heterocycles. The maximum Gasteiger partial charge on any atom is 0.248 e. The van der Waals surface area contributed by atoms with Gasteiger partial charge in [0.2, 0.25) is 11.8 Å². The summed E-state index contributed by atoms with van der Waals surface area (Å²) in [5, 5.41) is 2.80. The molecule has 1 N–H and O–H groups in total. The maximum atomic E-state index is 12.1. The summed E-state index contributed by atoms with van der Waals surface area (Å²) in [6.45, 7) is 0. The molecule has 4 aromatic rings. The van der Waals surface area contributed by atoms with Crippen LogP contribution < -0.4 is 10.1 Å². The number of ether oxygens (including phenoxy) is 1. The lowest BCUT2D eigenvalue weighted by Gasteiger charge is -2.03. The van der Waals surface area contributed by atoms with Crippen LogP contribution in [0.25, 0.3) is 28.6 Å². The second-order valence-electron chi connectivity index (χ2n) is 5.89. The van der Waals surface area contributed by atoms with E-state index in [9.17, 15) is 4.79 Å². The Labute approximate surface area is 168 Å². The molecule has 140 valence electrons. The van der Waals surface area contributed by atoms with Crippen LogP contribution in [0.2, 0.25) is 0 Å². The molecule has 7 heteroatoms. The zero-order valence-electron chi connectivity index (χ0n) is 14.8. The van der Waals surface area contributed by atoms with Crippen molar-refractivity contribution in [3.63, 3.8) is 0 Å². The highest BCUT2D eigenvalue weighted by Crippen LogP contribution is 2.32. The van der Waals surface area contributed by atoms with Crippen molar-refractivity contribution in [2.45, 2.75) is 0 Å². The van der Waals surface area contributed by atoms with E-state index in [0.29, 0.717) is 28.4 Å². The second-order valence-corrected chi connectivity index (χ2v) is 6.74. The molecule has 2 aromatic carbocycles. The minimum Gasteiger partial charge on any atom is -0.496 e. The van der Waals surface area contributed by atoms with Crippen LogP contribution in [0, 0.1) is 0 Å². The Morgan fingerprint density at radius 3 is 2.86 bits per heavy atom. The molecule has 0 aliphatic rings. The van der Waals surface area contributed by atoms with Crippen molar-refractivity contribution in [3.8, 4) is 17.2 Å². The van der Waals surface area contributed by atoms with Crippen molar-refractivity contribution in [1.82, 2.24) is 4.98 Å². The molecular formula is C21H15BrN2O4. The van der Waals surface area contributed by atoms with Gasteiger partial charge in [-0.2, -0.15) is 0 Å². The first-order chi connectivity index (χ1) is 13.6. The van der Waals surface area contributed by atoms with E-state index in [-0.39, 0.29) is 5.91 Å². The molecule has 0 atom stereocenters. The number of hydrogen-bond donors (Lipinski definition) is 1. The lowest BCUT2D eigenvalue weighted by Crippen LogP contribution is -2.07. The fraction of sp³-hybridized carbons (Fsp3) is 0.0476. The van der Waals surface area contributed by atoms with Crippen LogP contribution in [0.1, 0.15) is 5.76 Å². The van der Waals surface area contributed by atoms with Gasteiger partial charge in [-0.1, -0.05) is 0 Å². The quantitative estimate of drug-likeness (QED) is 0.415. The van der Waals surface area contributed by atoms with Gasteiger partial charge in [-0.3, -0.25) is 4.79 Å². The Balaban J connectivity index is 1.54. The van der Waals surface area contributed by atoms with E-state index >= 15 is 0 Å². The highest BCUT2D eigenvalue weighted by atomic mass is 79.9. The number of aromatic nitrogens is 1. The Morgan fingerprint density at radius 1 is 1.21 bits per heavy atom. The van der Waals surface area contributed by atoms with Crippen LogP contribution in [0.15, 0.2) is 74.2 Å². The predicted molar refractivity (Wildman–Crippen MR) is 110 cm³/mol.